The van der Waals surface area contributed by atoms with Gasteiger partial charge in [-0.1, -0.05) is 102 Å². The summed E-state index contributed by atoms with van der Waals surface area (Å²) >= 11 is 24.6. The molecule has 8 heteroatoms. The third-order valence-corrected chi connectivity index (χ3v) is 7.26. The van der Waals surface area contributed by atoms with Crippen LogP contribution in [-0.2, 0) is 29.0 Å². The number of halogens is 4. The molecule has 0 aliphatic rings. The molecule has 0 aliphatic carbocycles. The van der Waals surface area contributed by atoms with Gasteiger partial charge in [0.15, 0.2) is 0 Å². The number of unbranched alkanes of at least 4 members (excludes halogenated alkanes) is 1. The van der Waals surface area contributed by atoms with Crippen LogP contribution in [0.25, 0.3) is 0 Å². The molecular formula is C28H28Cl4N2O2. The molecule has 0 aliphatic heterocycles. The fourth-order valence-electron chi connectivity index (χ4n) is 3.82. The lowest BCUT2D eigenvalue weighted by molar-refractivity contribution is -0.140. The lowest BCUT2D eigenvalue weighted by Crippen LogP contribution is -2.51. The van der Waals surface area contributed by atoms with Crippen LogP contribution in [0.2, 0.25) is 20.1 Å². The van der Waals surface area contributed by atoms with E-state index in [1.165, 1.54) is 0 Å². The van der Waals surface area contributed by atoms with E-state index in [9.17, 15) is 9.59 Å². The average molecular weight is 566 g/mol. The third kappa shape index (κ3) is 8.14. The predicted octanol–water partition coefficient (Wildman–Crippen LogP) is 7.40. The molecule has 0 heterocycles. The van der Waals surface area contributed by atoms with Crippen LogP contribution in [0.15, 0.2) is 66.7 Å². The van der Waals surface area contributed by atoms with Crippen molar-refractivity contribution in [1.82, 2.24) is 10.2 Å². The highest BCUT2D eigenvalue weighted by molar-refractivity contribution is 6.42. The van der Waals surface area contributed by atoms with Crippen molar-refractivity contribution in [3.63, 3.8) is 0 Å². The molecule has 2 amide bonds. The molecule has 0 saturated heterocycles. The molecular weight excluding hydrogens is 538 g/mol. The quantitative estimate of drug-likeness (QED) is 0.246. The summed E-state index contributed by atoms with van der Waals surface area (Å²) in [5.41, 5.74) is 2.43. The minimum Gasteiger partial charge on any atom is -0.354 e. The van der Waals surface area contributed by atoms with Crippen molar-refractivity contribution in [1.29, 1.82) is 0 Å². The molecule has 0 saturated carbocycles. The summed E-state index contributed by atoms with van der Waals surface area (Å²) in [6.45, 7) is 2.79. The van der Waals surface area contributed by atoms with E-state index in [0.29, 0.717) is 38.6 Å². The Kier molecular flexibility index (Phi) is 10.9. The minimum absolute atomic E-state index is 0.0613. The van der Waals surface area contributed by atoms with Gasteiger partial charge in [-0.3, -0.25) is 9.59 Å². The molecule has 1 N–H and O–H groups in total. The fraction of sp³-hybridized carbons (Fsp3) is 0.286. The van der Waals surface area contributed by atoms with Gasteiger partial charge in [-0.05, 0) is 47.4 Å². The van der Waals surface area contributed by atoms with Crippen LogP contribution in [0.3, 0.4) is 0 Å². The van der Waals surface area contributed by atoms with Gasteiger partial charge in [0, 0.05) is 19.5 Å². The third-order valence-electron chi connectivity index (χ3n) is 5.78. The lowest BCUT2D eigenvalue weighted by atomic mass is 10.0. The molecule has 0 fully saturated rings. The number of rotatable bonds is 11. The van der Waals surface area contributed by atoms with Crippen LogP contribution in [0, 0.1) is 0 Å². The normalized spacial score (nSPS) is 11.7. The Labute approximate surface area is 232 Å². The van der Waals surface area contributed by atoms with E-state index in [1.807, 2.05) is 36.4 Å². The second kappa shape index (κ2) is 13.9. The van der Waals surface area contributed by atoms with Gasteiger partial charge in [0.05, 0.1) is 26.5 Å². The Morgan fingerprint density at radius 3 is 2.03 bits per heavy atom. The summed E-state index contributed by atoms with van der Waals surface area (Å²) in [5, 5.41) is 4.60. The van der Waals surface area contributed by atoms with Gasteiger partial charge in [-0.25, -0.2) is 0 Å². The van der Waals surface area contributed by atoms with E-state index in [1.54, 1.807) is 35.2 Å². The summed E-state index contributed by atoms with van der Waals surface area (Å²) in [5.74, 6) is -0.416. The van der Waals surface area contributed by atoms with Gasteiger partial charge in [-0.15, -0.1) is 0 Å². The number of carbonyl (C=O) groups is 2. The van der Waals surface area contributed by atoms with Gasteiger partial charge < -0.3 is 10.2 Å². The van der Waals surface area contributed by atoms with E-state index < -0.39 is 6.04 Å². The zero-order chi connectivity index (χ0) is 26.1. The first-order valence-electron chi connectivity index (χ1n) is 11.8. The first-order valence-corrected chi connectivity index (χ1v) is 13.3. The smallest absolute Gasteiger partial charge is 0.243 e. The summed E-state index contributed by atoms with van der Waals surface area (Å²) in [7, 11) is 0. The van der Waals surface area contributed by atoms with E-state index in [0.717, 1.165) is 24.0 Å². The summed E-state index contributed by atoms with van der Waals surface area (Å²) in [6, 6.07) is 19.2. The van der Waals surface area contributed by atoms with Crippen molar-refractivity contribution in [2.45, 2.75) is 45.2 Å². The topological polar surface area (TPSA) is 49.4 Å². The van der Waals surface area contributed by atoms with Crippen molar-refractivity contribution < 1.29 is 9.59 Å². The Balaban J connectivity index is 1.97. The zero-order valence-electron chi connectivity index (χ0n) is 19.9. The van der Waals surface area contributed by atoms with Crippen LogP contribution in [0.5, 0.6) is 0 Å². The van der Waals surface area contributed by atoms with Crippen LogP contribution in [-0.4, -0.2) is 29.3 Å². The molecule has 1 atom stereocenters. The highest BCUT2D eigenvalue weighted by Crippen LogP contribution is 2.26. The maximum absolute atomic E-state index is 13.7. The highest BCUT2D eigenvalue weighted by atomic mass is 35.5. The summed E-state index contributed by atoms with van der Waals surface area (Å²) < 4.78 is 0. The molecule has 0 aromatic heterocycles. The second-order valence-corrected chi connectivity index (χ2v) is 10.2. The molecule has 4 nitrogen and oxygen atoms in total. The van der Waals surface area contributed by atoms with Crippen LogP contribution in [0.1, 0.15) is 36.5 Å². The molecule has 0 bridgehead atoms. The monoisotopic (exact) mass is 564 g/mol. The first-order chi connectivity index (χ1) is 17.3. The van der Waals surface area contributed by atoms with E-state index >= 15 is 0 Å². The standard InChI is InChI=1S/C28H28Cl4N2O2/c1-2-3-13-33-28(36)26(16-19-7-5-4-6-8-19)34(18-21-10-12-23(30)25(32)15-21)27(35)17-20-9-11-22(29)24(31)14-20/h4-12,14-15,26H,2-3,13,16-18H2,1H3,(H,33,36)/t26-/m1/s1. The fourth-order valence-corrected chi connectivity index (χ4v) is 4.46. The van der Waals surface area contributed by atoms with Gasteiger partial charge in [0.1, 0.15) is 6.04 Å². The van der Waals surface area contributed by atoms with Crippen molar-refractivity contribution >= 4 is 58.2 Å². The van der Waals surface area contributed by atoms with E-state index in [4.69, 9.17) is 46.4 Å². The largest absolute Gasteiger partial charge is 0.354 e. The SMILES string of the molecule is CCCCNC(=O)[C@@H](Cc1ccccc1)N(Cc1ccc(Cl)c(Cl)c1)C(=O)Cc1ccc(Cl)c(Cl)c1. The van der Waals surface area contributed by atoms with Crippen molar-refractivity contribution in [2.75, 3.05) is 6.54 Å². The summed E-state index contributed by atoms with van der Waals surface area (Å²) in [6.07, 6.45) is 2.24. The number of nitrogens with zero attached hydrogens (tertiary/aromatic N) is 1. The number of hydrogen-bond donors (Lipinski definition) is 1. The number of hydrogen-bond acceptors (Lipinski definition) is 2. The summed E-state index contributed by atoms with van der Waals surface area (Å²) in [4.78, 5) is 28.8. The predicted molar refractivity (Wildman–Crippen MR) is 149 cm³/mol. The maximum atomic E-state index is 13.7. The molecule has 0 radical (unpaired) electrons. The number of benzene rings is 3. The first kappa shape index (κ1) is 28.3. The second-order valence-electron chi connectivity index (χ2n) is 8.55. The maximum Gasteiger partial charge on any atom is 0.243 e. The lowest BCUT2D eigenvalue weighted by Gasteiger charge is -2.32. The van der Waals surface area contributed by atoms with E-state index in [2.05, 4.69) is 12.2 Å². The van der Waals surface area contributed by atoms with Crippen LogP contribution < -0.4 is 5.32 Å². The number of amides is 2. The van der Waals surface area contributed by atoms with Gasteiger partial charge >= 0.3 is 0 Å². The van der Waals surface area contributed by atoms with Crippen molar-refractivity contribution in [3.8, 4) is 0 Å². The zero-order valence-corrected chi connectivity index (χ0v) is 23.0. The number of nitrogens with one attached hydrogen (secondary N) is 1. The molecule has 190 valence electrons. The molecule has 3 aromatic rings. The Morgan fingerprint density at radius 2 is 1.42 bits per heavy atom. The highest BCUT2D eigenvalue weighted by Gasteiger charge is 2.30. The number of carbonyl (C=O) groups excluding carboxylic acids is 2. The Morgan fingerprint density at radius 1 is 0.806 bits per heavy atom. The molecule has 0 unspecified atom stereocenters. The van der Waals surface area contributed by atoms with Crippen molar-refractivity contribution in [3.05, 3.63) is 104 Å². The molecule has 3 rings (SSSR count). The molecule has 36 heavy (non-hydrogen) atoms. The molecule has 0 spiro atoms. The molecule has 3 aromatic carbocycles. The van der Waals surface area contributed by atoms with Crippen LogP contribution in [0.4, 0.5) is 0 Å². The average Bonchev–Trinajstić information content (AvgIpc) is 2.86. The Hall–Kier alpha value is -2.24. The Bertz CT molecular complexity index is 1190. The van der Waals surface area contributed by atoms with Gasteiger partial charge in [-0.2, -0.15) is 0 Å². The van der Waals surface area contributed by atoms with E-state index in [-0.39, 0.29) is 24.8 Å². The van der Waals surface area contributed by atoms with Gasteiger partial charge in [0.2, 0.25) is 11.8 Å². The van der Waals surface area contributed by atoms with Gasteiger partial charge in [0.25, 0.3) is 0 Å². The van der Waals surface area contributed by atoms with Crippen molar-refractivity contribution in [2.24, 2.45) is 0 Å². The minimum atomic E-state index is -0.728. The van der Waals surface area contributed by atoms with Crippen LogP contribution >= 0.6 is 46.4 Å².